The Balaban J connectivity index is 3.02. The third-order valence-corrected chi connectivity index (χ3v) is 0. The zero-order valence-electron chi connectivity index (χ0n) is 2.20. The molecule has 0 saturated heterocycles. The third kappa shape index (κ3) is 92.9. The summed E-state index contributed by atoms with van der Waals surface area (Å²) < 4.78 is 29.5. The van der Waals surface area contributed by atoms with Gasteiger partial charge in [0, 0.05) is 0 Å². The van der Waals surface area contributed by atoms with Crippen molar-refractivity contribution < 1.29 is 13.7 Å². The molecule has 0 unspecified atom stereocenters. The maximum absolute atomic E-state index is 7.38. The van der Waals surface area contributed by atoms with Crippen molar-refractivity contribution in [3.63, 3.8) is 0 Å². The van der Waals surface area contributed by atoms with E-state index >= 15 is 0 Å². The second kappa shape index (κ2) is 1.35. The second-order valence-corrected chi connectivity index (χ2v) is 3.29. The van der Waals surface area contributed by atoms with Gasteiger partial charge in [-0.05, 0) is 0 Å². The Kier molecular flexibility index (Phi) is 1.50. The van der Waals surface area contributed by atoms with Crippen LogP contribution in [0.2, 0.25) is 0 Å². The van der Waals surface area contributed by atoms with E-state index in [0.29, 0.717) is 0 Å². The van der Waals surface area contributed by atoms with Gasteiger partial charge in [-0.3, -0.25) is 0 Å². The summed E-state index contributed by atoms with van der Waals surface area (Å²) in [6, 6.07) is 0. The van der Waals surface area contributed by atoms with E-state index in [9.17, 15) is 0 Å². The molecule has 0 aliphatic rings. The Hall–Kier alpha value is 0.570. The molecule has 0 aromatic heterocycles. The van der Waals surface area contributed by atoms with Gasteiger partial charge >= 0.3 is 33.8 Å². The Morgan fingerprint density at radius 1 is 0.800 bits per heavy atom. The zero-order valence-corrected chi connectivity index (χ0v) is 4.53. The number of halogens is 1. The van der Waals surface area contributed by atoms with Crippen molar-refractivity contribution in [1.29, 1.82) is 0 Å². The summed E-state index contributed by atoms with van der Waals surface area (Å²) in [7, 11) is 0. The van der Waals surface area contributed by atoms with Crippen LogP contribution in [0.25, 0.3) is 0 Å². The van der Waals surface area contributed by atoms with Gasteiger partial charge in [0.2, 0.25) is 0 Å². The van der Waals surface area contributed by atoms with Crippen LogP contribution in [0.5, 0.6) is 0 Å². The van der Waals surface area contributed by atoms with Crippen molar-refractivity contribution in [3.8, 4) is 0 Å². The van der Waals surface area contributed by atoms with Crippen LogP contribution in [-0.2, 0) is 0 Å². The van der Waals surface area contributed by atoms with Gasteiger partial charge in [0.25, 0.3) is 0 Å². The van der Waals surface area contributed by atoms with E-state index in [4.69, 9.17) is 13.7 Å². The predicted molar refractivity (Wildman–Crippen MR) is 24.3 cm³/mol. The minimum absolute atomic E-state index is 5.02. The van der Waals surface area contributed by atoms with Crippen LogP contribution in [0, 0.1) is 0 Å². The first-order valence-electron chi connectivity index (χ1n) is 0.730. The molecule has 0 saturated carbocycles. The molecule has 5 heteroatoms. The van der Waals surface area contributed by atoms with Crippen LogP contribution < -0.4 is 0 Å². The molecule has 0 rings (SSSR count). The molecule has 0 bridgehead atoms. The third-order valence-electron chi connectivity index (χ3n) is 0. The van der Waals surface area contributed by atoms with Crippen LogP contribution in [0.3, 0.4) is 0 Å². The van der Waals surface area contributed by atoms with Crippen LogP contribution in [0.4, 0.5) is 0 Å². The number of rotatable bonds is 0. The van der Waals surface area contributed by atoms with E-state index in [1.54, 1.807) is 0 Å². The normalized spacial score (nSPS) is 15.2. The average Bonchev–Trinajstić information content (AvgIpc) is 0.722. The SMILES string of the molecule is O[IH](O)(O)O. The Labute approximate surface area is 34.4 Å². The van der Waals surface area contributed by atoms with Crippen molar-refractivity contribution in [2.75, 3.05) is 0 Å². The van der Waals surface area contributed by atoms with E-state index in [-0.39, 0.29) is 0 Å². The predicted octanol–water partition coefficient (Wildman–Crippen LogP) is -1.61. The molecule has 0 radical (unpaired) electrons. The quantitative estimate of drug-likeness (QED) is 0.351. The van der Waals surface area contributed by atoms with Crippen molar-refractivity contribution >= 4 is 20.1 Å². The number of hydrogen-bond acceptors (Lipinski definition) is 4. The van der Waals surface area contributed by atoms with Crippen LogP contribution in [0.15, 0.2) is 0 Å². The van der Waals surface area contributed by atoms with Crippen molar-refractivity contribution in [3.05, 3.63) is 0 Å². The molecule has 4 nitrogen and oxygen atoms in total. The molecule has 36 valence electrons. The van der Waals surface area contributed by atoms with Gasteiger partial charge in [-0.15, -0.1) is 0 Å². The van der Waals surface area contributed by atoms with Crippen molar-refractivity contribution in [2.45, 2.75) is 0 Å². The van der Waals surface area contributed by atoms with E-state index in [2.05, 4.69) is 0 Å². The fourth-order valence-corrected chi connectivity index (χ4v) is 0. The van der Waals surface area contributed by atoms with Crippen molar-refractivity contribution in [1.82, 2.24) is 0 Å². The monoisotopic (exact) mass is 196 g/mol. The summed E-state index contributed by atoms with van der Waals surface area (Å²) in [4.78, 5) is 0. The summed E-state index contributed by atoms with van der Waals surface area (Å²) in [6.45, 7) is 0. The van der Waals surface area contributed by atoms with Crippen molar-refractivity contribution in [2.24, 2.45) is 0 Å². The fraction of sp³-hybridized carbons (Fsp3) is 0. The molecule has 0 fully saturated rings. The van der Waals surface area contributed by atoms with E-state index in [1.807, 2.05) is 0 Å². The van der Waals surface area contributed by atoms with E-state index < -0.39 is 20.1 Å². The Morgan fingerprint density at radius 2 is 0.800 bits per heavy atom. The summed E-state index contributed by atoms with van der Waals surface area (Å²) in [5, 5.41) is 0. The first-order valence-corrected chi connectivity index (χ1v) is 4.90. The molecular formula is H5IO4. The summed E-state index contributed by atoms with van der Waals surface area (Å²) in [6.07, 6.45) is 0. The van der Waals surface area contributed by atoms with Gasteiger partial charge in [0.1, 0.15) is 0 Å². The topological polar surface area (TPSA) is 80.9 Å². The van der Waals surface area contributed by atoms with Gasteiger partial charge in [-0.25, -0.2) is 0 Å². The minimum atomic E-state index is -5.02. The van der Waals surface area contributed by atoms with Gasteiger partial charge in [0.15, 0.2) is 0 Å². The van der Waals surface area contributed by atoms with Crippen LogP contribution in [-0.4, -0.2) is 13.7 Å². The summed E-state index contributed by atoms with van der Waals surface area (Å²) >= 11 is -5.02. The van der Waals surface area contributed by atoms with E-state index in [1.165, 1.54) is 0 Å². The number of hydrogen-bond donors (Lipinski definition) is 4. The first kappa shape index (κ1) is 5.57. The van der Waals surface area contributed by atoms with Gasteiger partial charge in [-0.1, -0.05) is 0 Å². The molecule has 0 spiro atoms. The molecule has 0 heterocycles. The Bertz CT molecular complexity index is 19.1. The summed E-state index contributed by atoms with van der Waals surface area (Å²) in [5.41, 5.74) is 0. The molecular weight excluding hydrogens is 191 g/mol. The second-order valence-electron chi connectivity index (χ2n) is 0.490. The molecule has 5 heavy (non-hydrogen) atoms. The molecule has 0 amide bonds. The molecule has 0 atom stereocenters. The van der Waals surface area contributed by atoms with Crippen LogP contribution in [0.1, 0.15) is 0 Å². The van der Waals surface area contributed by atoms with Crippen LogP contribution >= 0.6 is 20.1 Å². The zero-order chi connectivity index (χ0) is 4.50. The summed E-state index contributed by atoms with van der Waals surface area (Å²) in [5.74, 6) is 0. The molecule has 0 aliphatic carbocycles. The molecule has 0 aromatic carbocycles. The molecule has 4 N–H and O–H groups in total. The standard InChI is InChI=1S/H5IO4/c2-1(3,4)5/h1-5H. The molecule has 0 aliphatic heterocycles. The fourth-order valence-electron chi connectivity index (χ4n) is 0. The Morgan fingerprint density at radius 3 is 0.800 bits per heavy atom. The molecule has 0 aromatic rings. The maximum atomic E-state index is 7.38. The van der Waals surface area contributed by atoms with Gasteiger partial charge in [0.05, 0.1) is 0 Å². The van der Waals surface area contributed by atoms with E-state index in [0.717, 1.165) is 0 Å². The average molecular weight is 196 g/mol. The van der Waals surface area contributed by atoms with Gasteiger partial charge < -0.3 is 0 Å². The first-order chi connectivity index (χ1) is 2.00. The van der Waals surface area contributed by atoms with Gasteiger partial charge in [-0.2, -0.15) is 0 Å².